The van der Waals surface area contributed by atoms with E-state index >= 15 is 0 Å². The smallest absolute Gasteiger partial charge is 0.269 e. The molecule has 38 heavy (non-hydrogen) atoms. The van der Waals surface area contributed by atoms with Crippen LogP contribution in [0.2, 0.25) is 0 Å². The first-order valence-corrected chi connectivity index (χ1v) is 14.1. The van der Waals surface area contributed by atoms with Gasteiger partial charge in [-0.2, -0.15) is 5.26 Å². The minimum absolute atomic E-state index is 0.0359. The number of nitro groups is 1. The van der Waals surface area contributed by atoms with Crippen molar-refractivity contribution in [3.63, 3.8) is 0 Å². The predicted octanol–water partition coefficient (Wildman–Crippen LogP) is 8.17. The number of hydrogen-bond donors (Lipinski definition) is 0. The molecule has 0 radical (unpaired) electrons. The molecule has 0 aliphatic heterocycles. The zero-order valence-electron chi connectivity index (χ0n) is 21.9. The van der Waals surface area contributed by atoms with Crippen molar-refractivity contribution in [1.82, 2.24) is 0 Å². The van der Waals surface area contributed by atoms with Crippen molar-refractivity contribution in [3.05, 3.63) is 78.1 Å². The standard InChI is InChI=1S/C29H30BrN3O4S/c1-5-36-25-13-19(12-24(30)27(25)37-17-18-6-9-21(10-7-18)33(34)35)16-32-28-23(15-31)22-11-8-20(29(2,3)4)14-26(22)38-28/h6-7,9-10,12-13,16,20H,5,8,11,14,17H2,1-4H3/t20-/m1/s1. The highest BCUT2D eigenvalue weighted by Crippen LogP contribution is 2.45. The van der Waals surface area contributed by atoms with Crippen LogP contribution in [0.15, 0.2) is 45.9 Å². The third-order valence-electron chi connectivity index (χ3n) is 6.78. The van der Waals surface area contributed by atoms with E-state index in [4.69, 9.17) is 14.5 Å². The van der Waals surface area contributed by atoms with Gasteiger partial charge in [0.1, 0.15) is 17.7 Å². The number of nitriles is 1. The zero-order chi connectivity index (χ0) is 27.4. The molecule has 7 nitrogen and oxygen atoms in total. The number of halogens is 1. The van der Waals surface area contributed by atoms with Crippen LogP contribution < -0.4 is 9.47 Å². The maximum absolute atomic E-state index is 10.9. The summed E-state index contributed by atoms with van der Waals surface area (Å²) in [6, 6.07) is 12.4. The van der Waals surface area contributed by atoms with Gasteiger partial charge >= 0.3 is 0 Å². The van der Waals surface area contributed by atoms with E-state index in [9.17, 15) is 15.4 Å². The molecule has 0 amide bonds. The first-order chi connectivity index (χ1) is 18.1. The second-order valence-corrected chi connectivity index (χ2v) is 12.3. The zero-order valence-corrected chi connectivity index (χ0v) is 24.3. The van der Waals surface area contributed by atoms with Crippen LogP contribution in [-0.2, 0) is 19.4 Å². The van der Waals surface area contributed by atoms with Crippen LogP contribution in [0.1, 0.15) is 61.2 Å². The molecule has 1 aromatic heterocycles. The molecule has 0 unspecified atom stereocenters. The van der Waals surface area contributed by atoms with Crippen LogP contribution in [0.3, 0.4) is 0 Å². The number of benzene rings is 2. The first kappa shape index (κ1) is 27.8. The Kier molecular flexibility index (Phi) is 8.54. The van der Waals surface area contributed by atoms with Crippen molar-refractivity contribution < 1.29 is 14.4 Å². The minimum Gasteiger partial charge on any atom is -0.490 e. The van der Waals surface area contributed by atoms with Gasteiger partial charge in [-0.3, -0.25) is 10.1 Å². The summed E-state index contributed by atoms with van der Waals surface area (Å²) in [4.78, 5) is 16.5. The van der Waals surface area contributed by atoms with Crippen LogP contribution >= 0.6 is 27.3 Å². The summed E-state index contributed by atoms with van der Waals surface area (Å²) >= 11 is 5.22. The van der Waals surface area contributed by atoms with Gasteiger partial charge < -0.3 is 9.47 Å². The van der Waals surface area contributed by atoms with Crippen molar-refractivity contribution in [2.24, 2.45) is 16.3 Å². The molecule has 0 spiro atoms. The third-order valence-corrected chi connectivity index (χ3v) is 8.53. The minimum atomic E-state index is -0.428. The summed E-state index contributed by atoms with van der Waals surface area (Å²) in [5.74, 6) is 1.70. The lowest BCUT2D eigenvalue weighted by atomic mass is 9.72. The third kappa shape index (κ3) is 6.25. The van der Waals surface area contributed by atoms with E-state index in [2.05, 4.69) is 42.8 Å². The van der Waals surface area contributed by atoms with Gasteiger partial charge in [0.25, 0.3) is 5.69 Å². The van der Waals surface area contributed by atoms with Gasteiger partial charge in [-0.25, -0.2) is 4.99 Å². The average molecular weight is 597 g/mol. The molecule has 1 atom stereocenters. The Morgan fingerprint density at radius 2 is 2.00 bits per heavy atom. The molecule has 4 rings (SSSR count). The van der Waals surface area contributed by atoms with Crippen LogP contribution in [0.25, 0.3) is 0 Å². The summed E-state index contributed by atoms with van der Waals surface area (Å²) < 4.78 is 12.6. The molecule has 0 saturated heterocycles. The molecule has 9 heteroatoms. The Morgan fingerprint density at radius 1 is 1.26 bits per heavy atom. The average Bonchev–Trinajstić information content (AvgIpc) is 3.23. The molecular formula is C29H30BrN3O4S. The summed E-state index contributed by atoms with van der Waals surface area (Å²) in [7, 11) is 0. The van der Waals surface area contributed by atoms with Gasteiger partial charge in [-0.15, -0.1) is 11.3 Å². The van der Waals surface area contributed by atoms with Gasteiger partial charge in [0.15, 0.2) is 11.5 Å². The fourth-order valence-corrected chi connectivity index (χ4v) is 6.38. The van der Waals surface area contributed by atoms with Gasteiger partial charge in [0, 0.05) is 23.2 Å². The van der Waals surface area contributed by atoms with Crippen LogP contribution in [0.4, 0.5) is 10.7 Å². The summed E-state index contributed by atoms with van der Waals surface area (Å²) in [6.45, 7) is 9.43. The first-order valence-electron chi connectivity index (χ1n) is 12.5. The molecule has 198 valence electrons. The predicted molar refractivity (Wildman–Crippen MR) is 154 cm³/mol. The van der Waals surface area contributed by atoms with Crippen molar-refractivity contribution >= 4 is 44.2 Å². The number of aliphatic imine (C=N–C) groups is 1. The highest BCUT2D eigenvalue weighted by Gasteiger charge is 2.32. The largest absolute Gasteiger partial charge is 0.490 e. The Hall–Kier alpha value is -3.22. The number of nitro benzene ring substituents is 1. The molecule has 0 fully saturated rings. The quantitative estimate of drug-likeness (QED) is 0.148. The topological polar surface area (TPSA) is 97.8 Å². The van der Waals surface area contributed by atoms with E-state index in [0.717, 1.165) is 41.0 Å². The van der Waals surface area contributed by atoms with E-state index in [0.29, 0.717) is 34.1 Å². The molecule has 0 bridgehead atoms. The van der Waals surface area contributed by atoms with Crippen molar-refractivity contribution in [2.75, 3.05) is 6.61 Å². The molecular weight excluding hydrogens is 566 g/mol. The second kappa shape index (κ2) is 11.7. The molecule has 2 aromatic carbocycles. The summed E-state index contributed by atoms with van der Waals surface area (Å²) in [5.41, 5.74) is 3.74. The number of hydrogen-bond acceptors (Lipinski definition) is 7. The number of fused-ring (bicyclic) bond motifs is 1. The van der Waals surface area contributed by atoms with Crippen LogP contribution in [0, 0.1) is 32.8 Å². The van der Waals surface area contributed by atoms with Gasteiger partial charge in [-0.1, -0.05) is 20.8 Å². The monoisotopic (exact) mass is 595 g/mol. The lowest BCUT2D eigenvalue weighted by Gasteiger charge is -2.33. The number of rotatable bonds is 8. The van der Waals surface area contributed by atoms with E-state index in [1.807, 2.05) is 19.1 Å². The van der Waals surface area contributed by atoms with E-state index in [1.165, 1.54) is 17.0 Å². The normalized spacial score (nSPS) is 15.2. The van der Waals surface area contributed by atoms with Crippen molar-refractivity contribution in [3.8, 4) is 17.6 Å². The lowest BCUT2D eigenvalue weighted by Crippen LogP contribution is -2.26. The number of non-ortho nitro benzene ring substituents is 1. The Labute approximate surface area is 235 Å². The van der Waals surface area contributed by atoms with Gasteiger partial charge in [0.05, 0.1) is 21.6 Å². The number of nitrogens with zero attached hydrogens (tertiary/aromatic N) is 3. The molecule has 0 N–H and O–H groups in total. The van der Waals surface area contributed by atoms with Crippen LogP contribution in [-0.4, -0.2) is 17.7 Å². The lowest BCUT2D eigenvalue weighted by molar-refractivity contribution is -0.384. The van der Waals surface area contributed by atoms with Crippen molar-refractivity contribution in [1.29, 1.82) is 5.26 Å². The van der Waals surface area contributed by atoms with Gasteiger partial charge in [0.2, 0.25) is 0 Å². The highest BCUT2D eigenvalue weighted by atomic mass is 79.9. The van der Waals surface area contributed by atoms with Crippen molar-refractivity contribution in [2.45, 2.75) is 53.6 Å². The molecule has 0 saturated carbocycles. The molecule has 1 heterocycles. The Bertz CT molecular complexity index is 1400. The van der Waals surface area contributed by atoms with E-state index in [-0.39, 0.29) is 17.7 Å². The van der Waals surface area contributed by atoms with E-state index in [1.54, 1.807) is 29.7 Å². The SMILES string of the molecule is CCOc1cc(C=Nc2sc3c(c2C#N)CC[C@@H](C(C)(C)C)C3)cc(Br)c1OCc1ccc([N+](=O)[O-])cc1. The van der Waals surface area contributed by atoms with Crippen LogP contribution in [0.5, 0.6) is 11.5 Å². The number of ether oxygens (including phenoxy) is 2. The fourth-order valence-electron chi connectivity index (χ4n) is 4.58. The maximum Gasteiger partial charge on any atom is 0.269 e. The molecule has 1 aliphatic carbocycles. The summed E-state index contributed by atoms with van der Waals surface area (Å²) in [5, 5.41) is 21.5. The highest BCUT2D eigenvalue weighted by molar-refractivity contribution is 9.10. The summed E-state index contributed by atoms with van der Waals surface area (Å²) in [6.07, 6.45) is 4.77. The Balaban J connectivity index is 1.56. The molecule has 3 aromatic rings. The van der Waals surface area contributed by atoms with Gasteiger partial charge in [-0.05, 0) is 94.4 Å². The fraction of sp³-hybridized carbons (Fsp3) is 0.379. The number of thiophene rings is 1. The van der Waals surface area contributed by atoms with E-state index < -0.39 is 4.92 Å². The molecule has 1 aliphatic rings. The Morgan fingerprint density at radius 3 is 2.63 bits per heavy atom. The second-order valence-electron chi connectivity index (χ2n) is 10.3. The maximum atomic E-state index is 10.9.